The molecular weight excluding hydrogens is 288 g/mol. The molecule has 1 fully saturated rings. The second-order valence-electron chi connectivity index (χ2n) is 6.23. The average Bonchev–Trinajstić information content (AvgIpc) is 3.03. The maximum absolute atomic E-state index is 8.90. The molecule has 1 N–H and O–H groups in total. The molecule has 3 rings (SSSR count). The summed E-state index contributed by atoms with van der Waals surface area (Å²) in [4.78, 5) is 16.4. The van der Waals surface area contributed by atoms with Crippen molar-refractivity contribution in [2.45, 2.75) is 25.8 Å². The molecule has 120 valence electrons. The number of rotatable bonds is 4. The Bertz CT molecular complexity index is 743. The minimum absolute atomic E-state index is 0.326. The van der Waals surface area contributed by atoms with Crippen molar-refractivity contribution < 1.29 is 0 Å². The summed E-state index contributed by atoms with van der Waals surface area (Å²) in [6, 6.07) is 4.53. The van der Waals surface area contributed by atoms with Crippen LogP contribution < -0.4 is 4.90 Å². The van der Waals surface area contributed by atoms with Crippen molar-refractivity contribution in [3.63, 3.8) is 0 Å². The number of aromatic amines is 1. The van der Waals surface area contributed by atoms with Gasteiger partial charge in [0.25, 0.3) is 0 Å². The highest BCUT2D eigenvalue weighted by molar-refractivity contribution is 5.87. The van der Waals surface area contributed by atoms with E-state index in [4.69, 9.17) is 5.26 Å². The summed E-state index contributed by atoms with van der Waals surface area (Å²) in [5, 5.41) is 9.94. The number of hydrogen-bond acceptors (Lipinski definition) is 5. The number of fused-ring (bicyclic) bond motifs is 1. The van der Waals surface area contributed by atoms with Crippen molar-refractivity contribution in [2.75, 3.05) is 25.0 Å². The van der Waals surface area contributed by atoms with Gasteiger partial charge in [-0.15, -0.1) is 0 Å². The molecule has 0 unspecified atom stereocenters. The van der Waals surface area contributed by atoms with E-state index in [1.807, 2.05) is 12.3 Å². The Hall–Kier alpha value is -2.55. The SMILES string of the molecule is C=C(CC#N)N1CC[C@@H](C)[C@@H](N(C)c2ncnc3[nH]ccc23)C1. The van der Waals surface area contributed by atoms with Gasteiger partial charge >= 0.3 is 0 Å². The fourth-order valence-corrected chi connectivity index (χ4v) is 3.34. The topological polar surface area (TPSA) is 71.8 Å². The zero-order valence-corrected chi connectivity index (χ0v) is 13.7. The highest BCUT2D eigenvalue weighted by atomic mass is 15.3. The van der Waals surface area contributed by atoms with Crippen LogP contribution in [0.3, 0.4) is 0 Å². The van der Waals surface area contributed by atoms with E-state index in [0.29, 0.717) is 18.4 Å². The zero-order chi connectivity index (χ0) is 16.4. The molecule has 0 saturated carbocycles. The normalized spacial score (nSPS) is 21.2. The number of likely N-dealkylation sites (tertiary alicyclic amines) is 1. The second kappa shape index (κ2) is 6.29. The summed E-state index contributed by atoms with van der Waals surface area (Å²) in [6.07, 6.45) is 4.97. The molecule has 6 heteroatoms. The van der Waals surface area contributed by atoms with Gasteiger partial charge in [-0.1, -0.05) is 13.5 Å². The van der Waals surface area contributed by atoms with Gasteiger partial charge in [-0.05, 0) is 18.4 Å². The van der Waals surface area contributed by atoms with Crippen LogP contribution in [0.5, 0.6) is 0 Å². The van der Waals surface area contributed by atoms with Crippen molar-refractivity contribution in [3.05, 3.63) is 30.9 Å². The molecule has 1 aliphatic rings. The monoisotopic (exact) mass is 310 g/mol. The molecule has 23 heavy (non-hydrogen) atoms. The van der Waals surface area contributed by atoms with Gasteiger partial charge in [0.05, 0.1) is 23.9 Å². The first-order chi connectivity index (χ1) is 11.1. The molecule has 0 aliphatic carbocycles. The Balaban J connectivity index is 1.85. The van der Waals surface area contributed by atoms with Gasteiger partial charge in [0, 0.05) is 32.0 Å². The number of allylic oxidation sites excluding steroid dienone is 1. The van der Waals surface area contributed by atoms with Gasteiger partial charge < -0.3 is 14.8 Å². The van der Waals surface area contributed by atoms with Crippen molar-refractivity contribution in [1.82, 2.24) is 19.9 Å². The highest BCUT2D eigenvalue weighted by Gasteiger charge is 2.31. The van der Waals surface area contributed by atoms with Crippen molar-refractivity contribution in [2.24, 2.45) is 5.92 Å². The Morgan fingerprint density at radius 3 is 3.17 bits per heavy atom. The first kappa shape index (κ1) is 15.3. The minimum Gasteiger partial charge on any atom is -0.372 e. The average molecular weight is 310 g/mol. The lowest BCUT2D eigenvalue weighted by Gasteiger charge is -2.43. The van der Waals surface area contributed by atoms with E-state index in [9.17, 15) is 0 Å². The fraction of sp³-hybridized carbons (Fsp3) is 0.471. The van der Waals surface area contributed by atoms with E-state index in [1.165, 1.54) is 0 Å². The zero-order valence-electron chi connectivity index (χ0n) is 13.7. The summed E-state index contributed by atoms with van der Waals surface area (Å²) >= 11 is 0. The predicted molar refractivity (Wildman–Crippen MR) is 90.8 cm³/mol. The van der Waals surface area contributed by atoms with Crippen LogP contribution >= 0.6 is 0 Å². The number of hydrogen-bond donors (Lipinski definition) is 1. The molecule has 0 aromatic carbocycles. The molecule has 2 atom stereocenters. The fourth-order valence-electron chi connectivity index (χ4n) is 3.34. The molecular formula is C17H22N6. The summed E-state index contributed by atoms with van der Waals surface area (Å²) in [5.41, 5.74) is 1.77. The Labute approximate surface area is 136 Å². The van der Waals surface area contributed by atoms with Gasteiger partial charge in [-0.25, -0.2) is 9.97 Å². The highest BCUT2D eigenvalue weighted by Crippen LogP contribution is 2.29. The minimum atomic E-state index is 0.326. The number of aromatic nitrogens is 3. The first-order valence-electron chi connectivity index (χ1n) is 7.92. The van der Waals surface area contributed by atoms with E-state index in [2.05, 4.69) is 51.4 Å². The predicted octanol–water partition coefficient (Wildman–Crippen LogP) is 2.53. The molecule has 2 aromatic heterocycles. The van der Waals surface area contributed by atoms with Crippen LogP contribution in [-0.4, -0.2) is 46.0 Å². The smallest absolute Gasteiger partial charge is 0.142 e. The number of H-pyrrole nitrogens is 1. The Morgan fingerprint density at radius 1 is 1.57 bits per heavy atom. The van der Waals surface area contributed by atoms with Gasteiger partial charge in [0.15, 0.2) is 0 Å². The lowest BCUT2D eigenvalue weighted by Crippen LogP contribution is -2.50. The molecule has 0 amide bonds. The lowest BCUT2D eigenvalue weighted by molar-refractivity contribution is 0.202. The third kappa shape index (κ3) is 2.87. The summed E-state index contributed by atoms with van der Waals surface area (Å²) < 4.78 is 0. The van der Waals surface area contributed by atoms with Crippen LogP contribution in [0.15, 0.2) is 30.9 Å². The third-order valence-electron chi connectivity index (χ3n) is 4.81. The molecule has 1 aliphatic heterocycles. The molecule has 2 aromatic rings. The van der Waals surface area contributed by atoms with Crippen LogP contribution in [0.4, 0.5) is 5.82 Å². The van der Waals surface area contributed by atoms with Crippen molar-refractivity contribution in [1.29, 1.82) is 5.26 Å². The quantitative estimate of drug-likeness (QED) is 0.939. The van der Waals surface area contributed by atoms with Gasteiger partial charge in [-0.2, -0.15) is 5.26 Å². The van der Waals surface area contributed by atoms with Gasteiger partial charge in [-0.3, -0.25) is 0 Å². The van der Waals surface area contributed by atoms with Gasteiger partial charge in [0.2, 0.25) is 0 Å². The number of nitriles is 1. The van der Waals surface area contributed by atoms with Crippen molar-refractivity contribution in [3.8, 4) is 6.07 Å². The van der Waals surface area contributed by atoms with E-state index >= 15 is 0 Å². The summed E-state index contributed by atoms with van der Waals surface area (Å²) in [7, 11) is 2.09. The first-order valence-corrected chi connectivity index (χ1v) is 7.92. The molecule has 0 spiro atoms. The summed E-state index contributed by atoms with van der Waals surface area (Å²) in [5.74, 6) is 1.50. The third-order valence-corrected chi connectivity index (χ3v) is 4.81. The lowest BCUT2D eigenvalue weighted by atomic mass is 9.91. The maximum Gasteiger partial charge on any atom is 0.142 e. The van der Waals surface area contributed by atoms with Crippen LogP contribution in [0.25, 0.3) is 11.0 Å². The van der Waals surface area contributed by atoms with Crippen molar-refractivity contribution >= 4 is 16.9 Å². The second-order valence-corrected chi connectivity index (χ2v) is 6.23. The molecule has 1 saturated heterocycles. The van der Waals surface area contributed by atoms with E-state index in [1.54, 1.807) is 6.33 Å². The van der Waals surface area contributed by atoms with Crippen LogP contribution in [-0.2, 0) is 0 Å². The van der Waals surface area contributed by atoms with Gasteiger partial charge in [0.1, 0.15) is 17.8 Å². The summed E-state index contributed by atoms with van der Waals surface area (Å²) in [6.45, 7) is 8.17. The molecule has 0 radical (unpaired) electrons. The van der Waals surface area contributed by atoms with Crippen LogP contribution in [0.1, 0.15) is 19.8 Å². The van der Waals surface area contributed by atoms with Crippen LogP contribution in [0.2, 0.25) is 0 Å². The number of piperidine rings is 1. The Morgan fingerprint density at radius 2 is 2.39 bits per heavy atom. The van der Waals surface area contributed by atoms with Crippen LogP contribution in [0, 0.1) is 17.2 Å². The maximum atomic E-state index is 8.90. The van der Waals surface area contributed by atoms with E-state index in [-0.39, 0.29) is 0 Å². The van der Waals surface area contributed by atoms with E-state index in [0.717, 1.165) is 42.1 Å². The number of anilines is 1. The largest absolute Gasteiger partial charge is 0.372 e. The molecule has 6 nitrogen and oxygen atoms in total. The number of likely N-dealkylation sites (N-methyl/N-ethyl adjacent to an activating group) is 1. The number of nitrogens with zero attached hydrogens (tertiary/aromatic N) is 5. The standard InChI is InChI=1S/C17H22N6/c1-12-6-9-23(13(2)4-7-18)10-15(12)22(3)17-14-5-8-19-16(14)20-11-21-17/h5,8,11-12,15H,2,4,6,9-10H2,1,3H3,(H,19,20,21)/t12-,15+/m1/s1. The number of nitrogens with one attached hydrogen (secondary N) is 1. The molecule has 0 bridgehead atoms. The van der Waals surface area contributed by atoms with E-state index < -0.39 is 0 Å². The molecule has 3 heterocycles. The Kier molecular flexibility index (Phi) is 4.20.